The lowest BCUT2D eigenvalue weighted by Gasteiger charge is -2.22. The van der Waals surface area contributed by atoms with Crippen LogP contribution in [0.15, 0.2) is 12.3 Å². The topological polar surface area (TPSA) is 56.3 Å². The predicted molar refractivity (Wildman–Crippen MR) is 69.9 cm³/mol. The van der Waals surface area contributed by atoms with E-state index in [1.54, 1.807) is 12.3 Å². The van der Waals surface area contributed by atoms with Crippen molar-refractivity contribution in [2.24, 2.45) is 0 Å². The SMILES string of the molecule is CCCNc1nccc(OCC2CCCCO2)n1. The van der Waals surface area contributed by atoms with Gasteiger partial charge in [0.25, 0.3) is 0 Å². The maximum absolute atomic E-state index is 5.65. The zero-order chi connectivity index (χ0) is 12.6. The molecule has 2 rings (SSSR count). The second-order valence-corrected chi connectivity index (χ2v) is 4.44. The second kappa shape index (κ2) is 7.16. The molecule has 5 nitrogen and oxygen atoms in total. The van der Waals surface area contributed by atoms with Gasteiger partial charge in [-0.3, -0.25) is 0 Å². The Kier molecular flexibility index (Phi) is 5.20. The van der Waals surface area contributed by atoms with E-state index in [1.165, 1.54) is 6.42 Å². The van der Waals surface area contributed by atoms with Crippen LogP contribution in [0.4, 0.5) is 5.95 Å². The Labute approximate surface area is 108 Å². The van der Waals surface area contributed by atoms with Gasteiger partial charge in [-0.1, -0.05) is 6.92 Å². The molecule has 0 amide bonds. The van der Waals surface area contributed by atoms with E-state index in [-0.39, 0.29) is 6.10 Å². The van der Waals surface area contributed by atoms with Crippen LogP contribution in [-0.2, 0) is 4.74 Å². The smallest absolute Gasteiger partial charge is 0.225 e. The first-order valence-corrected chi connectivity index (χ1v) is 6.70. The first-order chi connectivity index (χ1) is 8.88. The van der Waals surface area contributed by atoms with E-state index < -0.39 is 0 Å². The number of hydrogen-bond donors (Lipinski definition) is 1. The van der Waals surface area contributed by atoms with Crippen LogP contribution in [0.2, 0.25) is 0 Å². The Morgan fingerprint density at radius 3 is 3.22 bits per heavy atom. The molecular weight excluding hydrogens is 230 g/mol. The maximum atomic E-state index is 5.65. The molecule has 1 unspecified atom stereocenters. The minimum absolute atomic E-state index is 0.209. The summed E-state index contributed by atoms with van der Waals surface area (Å²) in [6.07, 6.45) is 6.43. The third-order valence-electron chi connectivity index (χ3n) is 2.85. The van der Waals surface area contributed by atoms with E-state index in [9.17, 15) is 0 Å². The van der Waals surface area contributed by atoms with Gasteiger partial charge in [-0.2, -0.15) is 4.98 Å². The van der Waals surface area contributed by atoms with Crippen LogP contribution in [-0.4, -0.2) is 35.8 Å². The fraction of sp³-hybridized carbons (Fsp3) is 0.692. The molecule has 0 bridgehead atoms. The van der Waals surface area contributed by atoms with Gasteiger partial charge >= 0.3 is 0 Å². The summed E-state index contributed by atoms with van der Waals surface area (Å²) in [5, 5.41) is 3.14. The molecule has 1 aromatic heterocycles. The lowest BCUT2D eigenvalue weighted by Crippen LogP contribution is -2.26. The van der Waals surface area contributed by atoms with Gasteiger partial charge in [0.05, 0.1) is 6.10 Å². The van der Waals surface area contributed by atoms with Crippen LogP contribution < -0.4 is 10.1 Å². The van der Waals surface area contributed by atoms with Crippen molar-refractivity contribution in [2.75, 3.05) is 25.1 Å². The minimum atomic E-state index is 0.209. The van der Waals surface area contributed by atoms with E-state index in [2.05, 4.69) is 22.2 Å². The lowest BCUT2D eigenvalue weighted by molar-refractivity contribution is -0.0119. The van der Waals surface area contributed by atoms with Crippen molar-refractivity contribution in [1.29, 1.82) is 0 Å². The molecule has 0 saturated carbocycles. The van der Waals surface area contributed by atoms with Crippen LogP contribution >= 0.6 is 0 Å². The molecule has 18 heavy (non-hydrogen) atoms. The molecule has 0 aliphatic carbocycles. The van der Waals surface area contributed by atoms with E-state index >= 15 is 0 Å². The quantitative estimate of drug-likeness (QED) is 0.840. The van der Waals surface area contributed by atoms with Crippen LogP contribution in [0.3, 0.4) is 0 Å². The molecule has 0 radical (unpaired) electrons. The largest absolute Gasteiger partial charge is 0.475 e. The summed E-state index contributed by atoms with van der Waals surface area (Å²) in [7, 11) is 0. The predicted octanol–water partition coefficient (Wildman–Crippen LogP) is 2.25. The Morgan fingerprint density at radius 1 is 1.50 bits per heavy atom. The fourth-order valence-electron chi connectivity index (χ4n) is 1.86. The zero-order valence-corrected chi connectivity index (χ0v) is 10.9. The Morgan fingerprint density at radius 2 is 2.44 bits per heavy atom. The van der Waals surface area contributed by atoms with Crippen LogP contribution in [0, 0.1) is 0 Å². The Bertz CT molecular complexity index is 354. The lowest BCUT2D eigenvalue weighted by atomic mass is 10.1. The van der Waals surface area contributed by atoms with Gasteiger partial charge in [0.2, 0.25) is 11.8 Å². The molecule has 1 aliphatic rings. The monoisotopic (exact) mass is 251 g/mol. The molecule has 100 valence electrons. The third-order valence-corrected chi connectivity index (χ3v) is 2.85. The zero-order valence-electron chi connectivity index (χ0n) is 10.9. The highest BCUT2D eigenvalue weighted by Crippen LogP contribution is 2.15. The van der Waals surface area contributed by atoms with Crippen molar-refractivity contribution in [3.63, 3.8) is 0 Å². The number of anilines is 1. The van der Waals surface area contributed by atoms with Crippen molar-refractivity contribution < 1.29 is 9.47 Å². The molecule has 0 aromatic carbocycles. The highest BCUT2D eigenvalue weighted by atomic mass is 16.5. The number of nitrogens with zero attached hydrogens (tertiary/aromatic N) is 2. The molecule has 5 heteroatoms. The summed E-state index contributed by atoms with van der Waals surface area (Å²) in [4.78, 5) is 8.43. The van der Waals surface area contributed by atoms with Crippen LogP contribution in [0.5, 0.6) is 5.88 Å². The van der Waals surface area contributed by atoms with Gasteiger partial charge in [0, 0.05) is 25.4 Å². The molecule has 1 fully saturated rings. The van der Waals surface area contributed by atoms with Crippen LogP contribution in [0.25, 0.3) is 0 Å². The average molecular weight is 251 g/mol. The summed E-state index contributed by atoms with van der Waals surface area (Å²) in [6, 6.07) is 1.78. The first kappa shape index (κ1) is 13.1. The summed E-state index contributed by atoms with van der Waals surface area (Å²) in [5.41, 5.74) is 0. The summed E-state index contributed by atoms with van der Waals surface area (Å²) in [6.45, 7) is 4.40. The standard InChI is InChI=1S/C13H21N3O2/c1-2-7-14-13-15-8-6-12(16-13)18-10-11-5-3-4-9-17-11/h6,8,11H,2-5,7,9-10H2,1H3,(H,14,15,16). The summed E-state index contributed by atoms with van der Waals surface area (Å²) in [5.74, 6) is 1.23. The molecule has 1 saturated heterocycles. The molecule has 0 spiro atoms. The number of hydrogen-bond acceptors (Lipinski definition) is 5. The number of nitrogens with one attached hydrogen (secondary N) is 1. The van der Waals surface area contributed by atoms with Crippen LogP contribution in [0.1, 0.15) is 32.6 Å². The first-order valence-electron chi connectivity index (χ1n) is 6.70. The average Bonchev–Trinajstić information content (AvgIpc) is 2.44. The number of ether oxygens (including phenoxy) is 2. The highest BCUT2D eigenvalue weighted by molar-refractivity contribution is 5.27. The van der Waals surface area contributed by atoms with E-state index in [0.717, 1.165) is 32.4 Å². The Hall–Kier alpha value is -1.36. The van der Waals surface area contributed by atoms with Gasteiger partial charge in [-0.25, -0.2) is 4.98 Å². The normalized spacial score (nSPS) is 19.5. The van der Waals surface area contributed by atoms with Gasteiger partial charge in [0.1, 0.15) is 6.61 Å². The van der Waals surface area contributed by atoms with Gasteiger partial charge < -0.3 is 14.8 Å². The van der Waals surface area contributed by atoms with E-state index in [1.807, 2.05) is 0 Å². The highest BCUT2D eigenvalue weighted by Gasteiger charge is 2.14. The molecule has 1 aliphatic heterocycles. The fourth-order valence-corrected chi connectivity index (χ4v) is 1.86. The molecule has 1 atom stereocenters. The maximum Gasteiger partial charge on any atom is 0.225 e. The van der Waals surface area contributed by atoms with Crippen molar-refractivity contribution in [2.45, 2.75) is 38.7 Å². The van der Waals surface area contributed by atoms with Gasteiger partial charge in [-0.05, 0) is 25.7 Å². The number of aromatic nitrogens is 2. The van der Waals surface area contributed by atoms with E-state index in [0.29, 0.717) is 18.4 Å². The molecule has 1 N–H and O–H groups in total. The molecular formula is C13H21N3O2. The third kappa shape index (κ3) is 4.14. The van der Waals surface area contributed by atoms with Crippen molar-refractivity contribution in [3.05, 3.63) is 12.3 Å². The van der Waals surface area contributed by atoms with E-state index in [4.69, 9.17) is 9.47 Å². The Balaban J connectivity index is 1.80. The van der Waals surface area contributed by atoms with Crippen molar-refractivity contribution in [1.82, 2.24) is 9.97 Å². The van der Waals surface area contributed by atoms with Gasteiger partial charge in [0.15, 0.2) is 0 Å². The summed E-state index contributed by atoms with van der Waals surface area (Å²) < 4.78 is 11.3. The van der Waals surface area contributed by atoms with Gasteiger partial charge in [-0.15, -0.1) is 0 Å². The van der Waals surface area contributed by atoms with Crippen molar-refractivity contribution in [3.8, 4) is 5.88 Å². The second-order valence-electron chi connectivity index (χ2n) is 4.44. The van der Waals surface area contributed by atoms with Crippen molar-refractivity contribution >= 4 is 5.95 Å². The summed E-state index contributed by atoms with van der Waals surface area (Å²) >= 11 is 0. The minimum Gasteiger partial charge on any atom is -0.475 e. The number of rotatable bonds is 6. The molecule has 1 aromatic rings. The molecule has 2 heterocycles.